The van der Waals surface area contributed by atoms with Crippen LogP contribution in [0.15, 0.2) is 12.7 Å². The van der Waals surface area contributed by atoms with Crippen molar-refractivity contribution in [2.75, 3.05) is 7.11 Å². The molecule has 0 bridgehead atoms. The maximum atomic E-state index is 5.77. The molecule has 0 heterocycles. The first kappa shape index (κ1) is 22.7. The molecular formula is C22H44O. The zero-order valence-corrected chi connectivity index (χ0v) is 16.5. The third kappa shape index (κ3) is 13.8. The van der Waals surface area contributed by atoms with Crippen molar-refractivity contribution in [1.82, 2.24) is 0 Å². The highest BCUT2D eigenvalue weighted by Crippen LogP contribution is 2.23. The predicted molar refractivity (Wildman–Crippen MR) is 105 cm³/mol. The molecular weight excluding hydrogens is 280 g/mol. The Morgan fingerprint density at radius 3 is 1.57 bits per heavy atom. The number of ether oxygens (including phenoxy) is 1. The van der Waals surface area contributed by atoms with Crippen LogP contribution >= 0.6 is 0 Å². The van der Waals surface area contributed by atoms with E-state index in [1.54, 1.807) is 0 Å². The molecule has 2 atom stereocenters. The Morgan fingerprint density at radius 1 is 0.696 bits per heavy atom. The second-order valence-electron chi connectivity index (χ2n) is 7.14. The SMILES string of the molecule is C=C[C@@H](CCCCCCCCC)[C@@H](CCCCCCCC)OC. The molecule has 0 aliphatic carbocycles. The van der Waals surface area contributed by atoms with E-state index in [1.807, 2.05) is 7.11 Å². The Morgan fingerprint density at radius 2 is 1.13 bits per heavy atom. The average molecular weight is 325 g/mol. The van der Waals surface area contributed by atoms with Gasteiger partial charge in [0.2, 0.25) is 0 Å². The van der Waals surface area contributed by atoms with Gasteiger partial charge in [-0.2, -0.15) is 0 Å². The smallest absolute Gasteiger partial charge is 0.0633 e. The first-order chi connectivity index (χ1) is 11.3. The first-order valence-electron chi connectivity index (χ1n) is 10.4. The van der Waals surface area contributed by atoms with Crippen molar-refractivity contribution in [2.45, 2.75) is 116 Å². The van der Waals surface area contributed by atoms with Gasteiger partial charge in [0, 0.05) is 13.0 Å². The van der Waals surface area contributed by atoms with Gasteiger partial charge in [-0.15, -0.1) is 6.58 Å². The van der Waals surface area contributed by atoms with E-state index >= 15 is 0 Å². The monoisotopic (exact) mass is 324 g/mol. The van der Waals surface area contributed by atoms with E-state index in [1.165, 1.54) is 96.3 Å². The van der Waals surface area contributed by atoms with Crippen LogP contribution < -0.4 is 0 Å². The molecule has 0 aromatic carbocycles. The lowest BCUT2D eigenvalue weighted by molar-refractivity contribution is 0.0557. The van der Waals surface area contributed by atoms with Gasteiger partial charge in [0.15, 0.2) is 0 Å². The number of hydrogen-bond acceptors (Lipinski definition) is 1. The summed E-state index contributed by atoms with van der Waals surface area (Å²) in [4.78, 5) is 0. The molecule has 0 radical (unpaired) electrons. The normalized spacial score (nSPS) is 13.9. The van der Waals surface area contributed by atoms with Gasteiger partial charge in [-0.05, 0) is 12.8 Å². The van der Waals surface area contributed by atoms with Gasteiger partial charge in [-0.25, -0.2) is 0 Å². The van der Waals surface area contributed by atoms with E-state index in [-0.39, 0.29) is 0 Å². The molecule has 1 nitrogen and oxygen atoms in total. The summed E-state index contributed by atoms with van der Waals surface area (Å²) < 4.78 is 5.77. The van der Waals surface area contributed by atoms with Crippen molar-refractivity contribution in [3.05, 3.63) is 12.7 Å². The molecule has 0 aliphatic heterocycles. The minimum absolute atomic E-state index is 0.388. The fourth-order valence-electron chi connectivity index (χ4n) is 3.43. The maximum Gasteiger partial charge on any atom is 0.0633 e. The summed E-state index contributed by atoms with van der Waals surface area (Å²) in [5.74, 6) is 0.547. The van der Waals surface area contributed by atoms with Crippen LogP contribution in [-0.2, 0) is 4.74 Å². The van der Waals surface area contributed by atoms with Crippen LogP contribution in [0.25, 0.3) is 0 Å². The molecule has 0 spiro atoms. The van der Waals surface area contributed by atoms with Gasteiger partial charge in [0.25, 0.3) is 0 Å². The molecule has 0 aromatic heterocycles. The molecule has 0 saturated heterocycles. The zero-order chi connectivity index (χ0) is 17.2. The second-order valence-corrected chi connectivity index (χ2v) is 7.14. The minimum Gasteiger partial charge on any atom is -0.381 e. The van der Waals surface area contributed by atoms with Gasteiger partial charge >= 0.3 is 0 Å². The van der Waals surface area contributed by atoms with Crippen LogP contribution in [0.3, 0.4) is 0 Å². The lowest BCUT2D eigenvalue weighted by Crippen LogP contribution is -2.21. The molecule has 0 N–H and O–H groups in total. The molecule has 0 aliphatic rings. The summed E-state index contributed by atoms with van der Waals surface area (Å²) in [7, 11) is 1.88. The van der Waals surface area contributed by atoms with Gasteiger partial charge in [-0.1, -0.05) is 103 Å². The molecule has 0 rings (SSSR count). The van der Waals surface area contributed by atoms with Crippen molar-refractivity contribution >= 4 is 0 Å². The van der Waals surface area contributed by atoms with Gasteiger partial charge < -0.3 is 4.74 Å². The summed E-state index contributed by atoms with van der Waals surface area (Å²) in [5.41, 5.74) is 0. The summed E-state index contributed by atoms with van der Waals surface area (Å²) in [6.45, 7) is 8.62. The number of methoxy groups -OCH3 is 1. The fraction of sp³-hybridized carbons (Fsp3) is 0.909. The topological polar surface area (TPSA) is 9.23 Å². The lowest BCUT2D eigenvalue weighted by atomic mass is 9.91. The zero-order valence-electron chi connectivity index (χ0n) is 16.5. The molecule has 0 fully saturated rings. The summed E-state index contributed by atoms with van der Waals surface area (Å²) >= 11 is 0. The van der Waals surface area contributed by atoms with Gasteiger partial charge in [-0.3, -0.25) is 0 Å². The Kier molecular flexibility index (Phi) is 17.8. The van der Waals surface area contributed by atoms with Crippen LogP contribution in [0.2, 0.25) is 0 Å². The highest BCUT2D eigenvalue weighted by molar-refractivity contribution is 4.85. The van der Waals surface area contributed by atoms with Crippen LogP contribution in [0.4, 0.5) is 0 Å². The van der Waals surface area contributed by atoms with Crippen molar-refractivity contribution in [1.29, 1.82) is 0 Å². The third-order valence-corrected chi connectivity index (χ3v) is 5.07. The maximum absolute atomic E-state index is 5.77. The van der Waals surface area contributed by atoms with E-state index < -0.39 is 0 Å². The molecule has 23 heavy (non-hydrogen) atoms. The Hall–Kier alpha value is -0.300. The van der Waals surface area contributed by atoms with Crippen LogP contribution in [-0.4, -0.2) is 13.2 Å². The predicted octanol–water partition coefficient (Wildman–Crippen LogP) is 7.69. The highest BCUT2D eigenvalue weighted by atomic mass is 16.5. The summed E-state index contributed by atoms with van der Waals surface area (Å²) in [6.07, 6.45) is 22.9. The van der Waals surface area contributed by atoms with Crippen molar-refractivity contribution < 1.29 is 4.74 Å². The highest BCUT2D eigenvalue weighted by Gasteiger charge is 2.17. The third-order valence-electron chi connectivity index (χ3n) is 5.07. The van der Waals surface area contributed by atoms with E-state index in [0.717, 1.165) is 0 Å². The quantitative estimate of drug-likeness (QED) is 0.185. The van der Waals surface area contributed by atoms with Crippen molar-refractivity contribution in [3.8, 4) is 0 Å². The number of unbranched alkanes of at least 4 members (excludes halogenated alkanes) is 11. The fourth-order valence-corrected chi connectivity index (χ4v) is 3.43. The van der Waals surface area contributed by atoms with E-state index in [2.05, 4.69) is 26.5 Å². The van der Waals surface area contributed by atoms with Crippen molar-refractivity contribution in [3.63, 3.8) is 0 Å². The molecule has 138 valence electrons. The number of hydrogen-bond donors (Lipinski definition) is 0. The Bertz CT molecular complexity index is 236. The van der Waals surface area contributed by atoms with Crippen LogP contribution in [0.1, 0.15) is 110 Å². The molecule has 0 saturated carbocycles. The minimum atomic E-state index is 0.388. The summed E-state index contributed by atoms with van der Waals surface area (Å²) in [5, 5.41) is 0. The molecule has 0 unspecified atom stereocenters. The standard InChI is InChI=1S/C22H44O/c1-5-8-10-12-14-15-17-19-21(7-3)22(23-4)20-18-16-13-11-9-6-2/h7,21-22H,3,5-6,8-20H2,1-2,4H3/t21-,22+/m0/s1. The second kappa shape index (κ2) is 18.0. The average Bonchev–Trinajstić information content (AvgIpc) is 2.58. The van der Waals surface area contributed by atoms with Crippen LogP contribution in [0, 0.1) is 5.92 Å². The first-order valence-corrected chi connectivity index (χ1v) is 10.4. The Labute approximate surface area is 147 Å². The molecule has 0 amide bonds. The summed E-state index contributed by atoms with van der Waals surface area (Å²) in [6, 6.07) is 0. The van der Waals surface area contributed by atoms with Gasteiger partial charge in [0.05, 0.1) is 6.10 Å². The number of rotatable bonds is 18. The van der Waals surface area contributed by atoms with E-state index in [9.17, 15) is 0 Å². The largest absolute Gasteiger partial charge is 0.381 e. The lowest BCUT2D eigenvalue weighted by Gasteiger charge is -2.23. The molecule has 1 heteroatoms. The van der Waals surface area contributed by atoms with E-state index in [0.29, 0.717) is 12.0 Å². The van der Waals surface area contributed by atoms with Crippen LogP contribution in [0.5, 0.6) is 0 Å². The van der Waals surface area contributed by atoms with Crippen molar-refractivity contribution in [2.24, 2.45) is 5.92 Å². The Balaban J connectivity index is 3.74. The van der Waals surface area contributed by atoms with Gasteiger partial charge in [0.1, 0.15) is 0 Å². The van der Waals surface area contributed by atoms with E-state index in [4.69, 9.17) is 4.74 Å². The molecule has 0 aromatic rings.